The molecule has 2 aromatic rings. The summed E-state index contributed by atoms with van der Waals surface area (Å²) >= 11 is 6.00. The number of carbonyl (C=O) groups excluding carboxylic acids is 2. The number of hydrogen-bond acceptors (Lipinski definition) is 2. The molecule has 1 N–H and O–H groups in total. The maximum atomic E-state index is 13.2. The summed E-state index contributed by atoms with van der Waals surface area (Å²) in [7, 11) is 0. The molecule has 1 aliphatic heterocycles. The summed E-state index contributed by atoms with van der Waals surface area (Å²) in [6.07, 6.45) is 0.757. The van der Waals surface area contributed by atoms with Crippen LogP contribution < -0.4 is 5.32 Å². The van der Waals surface area contributed by atoms with Crippen molar-refractivity contribution in [1.82, 2.24) is 5.32 Å². The fourth-order valence-electron chi connectivity index (χ4n) is 3.89. The molecule has 0 saturated carbocycles. The average molecular weight is 384 g/mol. The summed E-state index contributed by atoms with van der Waals surface area (Å²) < 4.78 is 0. The van der Waals surface area contributed by atoms with Crippen LogP contribution in [0, 0.1) is 12.8 Å². The summed E-state index contributed by atoms with van der Waals surface area (Å²) in [5.74, 6) is -0.905. The molecule has 0 aromatic heterocycles. The second-order valence-corrected chi connectivity index (χ2v) is 8.31. The van der Waals surface area contributed by atoms with E-state index in [-0.39, 0.29) is 17.6 Å². The number of rotatable bonds is 4. The smallest absolute Gasteiger partial charge is 0.235 e. The predicted octanol–water partition coefficient (Wildman–Crippen LogP) is 5.08. The first kappa shape index (κ1) is 19.6. The fraction of sp³-hybridized carbons (Fsp3) is 0.391. The quantitative estimate of drug-likeness (QED) is 0.748. The third-order valence-corrected chi connectivity index (χ3v) is 6.15. The highest BCUT2D eigenvalue weighted by Crippen LogP contribution is 2.38. The molecule has 1 aliphatic rings. The summed E-state index contributed by atoms with van der Waals surface area (Å²) in [6.45, 7) is 9.82. The minimum absolute atomic E-state index is 0.0282. The van der Waals surface area contributed by atoms with Crippen molar-refractivity contribution in [3.8, 4) is 11.1 Å². The molecule has 3 rings (SSSR count). The number of benzene rings is 2. The van der Waals surface area contributed by atoms with Gasteiger partial charge in [-0.2, -0.15) is 0 Å². The normalized spacial score (nSPS) is 22.4. The maximum absolute atomic E-state index is 13.2. The summed E-state index contributed by atoms with van der Waals surface area (Å²) in [6, 6.07) is 11.9. The molecule has 0 bridgehead atoms. The number of aryl methyl sites for hydroxylation is 2. The van der Waals surface area contributed by atoms with Gasteiger partial charge in [-0.05, 0) is 66.1 Å². The van der Waals surface area contributed by atoms with Gasteiger partial charge in [0.25, 0.3) is 0 Å². The first-order chi connectivity index (χ1) is 12.7. The van der Waals surface area contributed by atoms with Gasteiger partial charge in [-0.25, -0.2) is 0 Å². The maximum Gasteiger partial charge on any atom is 0.235 e. The summed E-state index contributed by atoms with van der Waals surface area (Å²) in [5.41, 5.74) is 4.21. The van der Waals surface area contributed by atoms with Gasteiger partial charge in [0, 0.05) is 5.02 Å². The molecule has 0 radical (unpaired) electrons. The third kappa shape index (κ3) is 3.29. The fourth-order valence-corrected chi connectivity index (χ4v) is 4.01. The highest BCUT2D eigenvalue weighted by molar-refractivity contribution is 6.30. The van der Waals surface area contributed by atoms with Crippen LogP contribution in [0.1, 0.15) is 50.3 Å². The van der Waals surface area contributed by atoms with Crippen LogP contribution in [0.5, 0.6) is 0 Å². The Hall–Kier alpha value is -2.13. The zero-order valence-electron chi connectivity index (χ0n) is 16.5. The Morgan fingerprint density at radius 1 is 1.11 bits per heavy atom. The number of Topliss-reactive ketones (excluding diaryl/α,β-unsaturated/α-hetero) is 1. The molecule has 2 unspecified atom stereocenters. The molecule has 0 aliphatic carbocycles. The lowest BCUT2D eigenvalue weighted by Gasteiger charge is -2.27. The Kier molecular flexibility index (Phi) is 5.18. The Bertz CT molecular complexity index is 901. The second-order valence-electron chi connectivity index (χ2n) is 7.87. The molecule has 2 atom stereocenters. The number of hydrogen-bond donors (Lipinski definition) is 1. The number of halogens is 1. The monoisotopic (exact) mass is 383 g/mol. The van der Waals surface area contributed by atoms with Crippen LogP contribution in [-0.2, 0) is 16.0 Å². The number of nitrogens with one attached hydrogen (secondary N) is 1. The highest BCUT2D eigenvalue weighted by Gasteiger charge is 2.52. The van der Waals surface area contributed by atoms with Crippen molar-refractivity contribution >= 4 is 23.3 Å². The Labute approximate surface area is 166 Å². The van der Waals surface area contributed by atoms with Gasteiger partial charge in [0.2, 0.25) is 5.91 Å². The van der Waals surface area contributed by atoms with Crippen LogP contribution in [-0.4, -0.2) is 17.2 Å². The molecule has 1 fully saturated rings. The molecule has 27 heavy (non-hydrogen) atoms. The SMILES string of the molecule is CCc1cc(-c2ccc(Cl)cc2)cc(C)c1C1C(=O)NC(C)(C(C)C)C1=O. The topological polar surface area (TPSA) is 46.2 Å². The van der Waals surface area contributed by atoms with Gasteiger partial charge in [0.15, 0.2) is 5.78 Å². The average Bonchev–Trinajstić information content (AvgIpc) is 2.85. The largest absolute Gasteiger partial charge is 0.343 e. The Morgan fingerprint density at radius 3 is 2.26 bits per heavy atom. The standard InChI is InChI=1S/C23H26ClNO2/c1-6-15-12-17(16-7-9-18(24)10-8-16)11-14(4)19(15)20-21(26)23(5,13(2)3)25-22(20)27/h7-13,20H,6H2,1-5H3,(H,25,27). The van der Waals surface area contributed by atoms with Crippen molar-refractivity contribution in [2.24, 2.45) is 5.92 Å². The van der Waals surface area contributed by atoms with Gasteiger partial charge in [0.1, 0.15) is 5.92 Å². The van der Waals surface area contributed by atoms with Gasteiger partial charge >= 0.3 is 0 Å². The summed E-state index contributed by atoms with van der Waals surface area (Å²) in [5, 5.41) is 3.65. The zero-order valence-corrected chi connectivity index (χ0v) is 17.3. The third-order valence-electron chi connectivity index (χ3n) is 5.89. The number of ketones is 1. The molecule has 0 spiro atoms. The van der Waals surface area contributed by atoms with E-state index < -0.39 is 11.5 Å². The van der Waals surface area contributed by atoms with E-state index in [0.717, 1.165) is 34.2 Å². The molecule has 2 aromatic carbocycles. The Morgan fingerprint density at radius 2 is 1.74 bits per heavy atom. The van der Waals surface area contributed by atoms with Crippen LogP contribution in [0.2, 0.25) is 5.02 Å². The van der Waals surface area contributed by atoms with Crippen LogP contribution in [0.4, 0.5) is 0 Å². The molecule has 142 valence electrons. The van der Waals surface area contributed by atoms with Crippen LogP contribution in [0.3, 0.4) is 0 Å². The van der Waals surface area contributed by atoms with E-state index in [2.05, 4.69) is 24.4 Å². The van der Waals surface area contributed by atoms with Crippen molar-refractivity contribution in [2.75, 3.05) is 0 Å². The van der Waals surface area contributed by atoms with Crippen molar-refractivity contribution < 1.29 is 9.59 Å². The molecular weight excluding hydrogens is 358 g/mol. The molecule has 1 amide bonds. The number of carbonyl (C=O) groups is 2. The lowest BCUT2D eigenvalue weighted by molar-refractivity contribution is -0.125. The van der Waals surface area contributed by atoms with E-state index in [0.29, 0.717) is 5.02 Å². The van der Waals surface area contributed by atoms with E-state index in [4.69, 9.17) is 11.6 Å². The van der Waals surface area contributed by atoms with Gasteiger partial charge < -0.3 is 5.32 Å². The van der Waals surface area contributed by atoms with Crippen molar-refractivity contribution in [3.63, 3.8) is 0 Å². The van der Waals surface area contributed by atoms with E-state index in [1.54, 1.807) is 0 Å². The van der Waals surface area contributed by atoms with Crippen LogP contribution >= 0.6 is 11.6 Å². The minimum Gasteiger partial charge on any atom is -0.343 e. The molecule has 1 saturated heterocycles. The molecule has 3 nitrogen and oxygen atoms in total. The van der Waals surface area contributed by atoms with Crippen LogP contribution in [0.15, 0.2) is 36.4 Å². The van der Waals surface area contributed by atoms with Crippen molar-refractivity contribution in [1.29, 1.82) is 0 Å². The molecule has 1 heterocycles. The van der Waals surface area contributed by atoms with E-state index in [1.807, 2.05) is 52.0 Å². The lowest BCUT2D eigenvalue weighted by Crippen LogP contribution is -2.48. The summed E-state index contributed by atoms with van der Waals surface area (Å²) in [4.78, 5) is 26.0. The van der Waals surface area contributed by atoms with Gasteiger partial charge in [-0.3, -0.25) is 9.59 Å². The molecular formula is C23H26ClNO2. The van der Waals surface area contributed by atoms with Gasteiger partial charge in [-0.15, -0.1) is 0 Å². The zero-order chi connectivity index (χ0) is 19.9. The van der Waals surface area contributed by atoms with Gasteiger partial charge in [0.05, 0.1) is 5.54 Å². The minimum atomic E-state index is -0.811. The Balaban J connectivity index is 2.10. The van der Waals surface area contributed by atoms with Gasteiger partial charge in [-0.1, -0.05) is 56.6 Å². The van der Waals surface area contributed by atoms with E-state index >= 15 is 0 Å². The van der Waals surface area contributed by atoms with Crippen LogP contribution in [0.25, 0.3) is 11.1 Å². The van der Waals surface area contributed by atoms with Crippen molar-refractivity contribution in [3.05, 3.63) is 58.1 Å². The van der Waals surface area contributed by atoms with Crippen molar-refractivity contribution in [2.45, 2.75) is 52.5 Å². The van der Waals surface area contributed by atoms with E-state index in [1.165, 1.54) is 0 Å². The lowest BCUT2D eigenvalue weighted by atomic mass is 9.78. The molecule has 4 heteroatoms. The number of amides is 1. The second kappa shape index (κ2) is 7.12. The first-order valence-corrected chi connectivity index (χ1v) is 9.82. The highest BCUT2D eigenvalue weighted by atomic mass is 35.5. The first-order valence-electron chi connectivity index (χ1n) is 9.44. The predicted molar refractivity (Wildman–Crippen MR) is 110 cm³/mol. The van der Waals surface area contributed by atoms with E-state index in [9.17, 15) is 9.59 Å².